The van der Waals surface area contributed by atoms with Crippen LogP contribution in [-0.2, 0) is 0 Å². The number of hydrogen-bond donors (Lipinski definition) is 0. The first kappa shape index (κ1) is 9.37. The van der Waals surface area contributed by atoms with Gasteiger partial charge in [0.25, 0.3) is 5.24 Å². The van der Waals surface area contributed by atoms with E-state index in [1.165, 1.54) is 6.07 Å². The van der Waals surface area contributed by atoms with Crippen LogP contribution in [0.5, 0.6) is 0 Å². The first-order chi connectivity index (χ1) is 6.68. The Morgan fingerprint density at radius 3 is 2.29 bits per heavy atom. The van der Waals surface area contributed by atoms with Gasteiger partial charge in [-0.2, -0.15) is 0 Å². The Morgan fingerprint density at radius 2 is 1.71 bits per heavy atom. The fraction of sp³-hybridized carbons (Fsp3) is 0. The summed E-state index contributed by atoms with van der Waals surface area (Å²) in [5.74, 6) is 0. The molecule has 0 aliphatic heterocycles. The minimum atomic E-state index is -0.595. The molecule has 0 aliphatic carbocycles. The Balaban J connectivity index is 2.77. The molecule has 1 aromatic heterocycles. The maximum atomic E-state index is 10.9. The number of benzene rings is 1. The number of nitrogens with zero attached hydrogens (tertiary/aromatic N) is 2. The van der Waals surface area contributed by atoms with Gasteiger partial charge in [-0.3, -0.25) is 14.8 Å². The molecule has 0 radical (unpaired) electrons. The molecule has 0 unspecified atom stereocenters. The summed E-state index contributed by atoms with van der Waals surface area (Å²) < 4.78 is 0. The highest BCUT2D eigenvalue weighted by molar-refractivity contribution is 6.68. The second-order valence-corrected chi connectivity index (χ2v) is 3.40. The highest BCUT2D eigenvalue weighted by Gasteiger charge is 2.09. The highest BCUT2D eigenvalue weighted by Crippen LogP contribution is 2.22. The van der Waals surface area contributed by atoms with Gasteiger partial charge in [0.15, 0.2) is 0 Å². The zero-order chi connectivity index (χ0) is 10.1. The molecular formula is C9H4Cl2N2O. The van der Waals surface area contributed by atoms with Crippen LogP contribution in [0.25, 0.3) is 11.0 Å². The summed E-state index contributed by atoms with van der Waals surface area (Å²) in [6, 6.07) is 3.10. The Labute approximate surface area is 89.7 Å². The van der Waals surface area contributed by atoms with Gasteiger partial charge < -0.3 is 0 Å². The van der Waals surface area contributed by atoms with Gasteiger partial charge in [-0.1, -0.05) is 11.6 Å². The van der Waals surface area contributed by atoms with Crippen LogP contribution < -0.4 is 0 Å². The van der Waals surface area contributed by atoms with E-state index in [4.69, 9.17) is 23.2 Å². The molecule has 0 bridgehead atoms. The molecule has 0 aliphatic rings. The van der Waals surface area contributed by atoms with E-state index < -0.39 is 5.24 Å². The molecule has 1 aromatic carbocycles. The van der Waals surface area contributed by atoms with Gasteiger partial charge in [0.05, 0.1) is 21.6 Å². The normalized spacial score (nSPS) is 10.4. The first-order valence-electron chi connectivity index (χ1n) is 3.78. The summed E-state index contributed by atoms with van der Waals surface area (Å²) >= 11 is 11.2. The van der Waals surface area contributed by atoms with Crippen LogP contribution >= 0.6 is 23.2 Å². The number of halogens is 2. The Hall–Kier alpha value is -1.19. The number of carbonyl (C=O) groups is 1. The van der Waals surface area contributed by atoms with Crippen LogP contribution in [0.1, 0.15) is 10.4 Å². The van der Waals surface area contributed by atoms with Crippen LogP contribution in [0.15, 0.2) is 24.5 Å². The van der Waals surface area contributed by atoms with E-state index in [9.17, 15) is 4.79 Å². The van der Waals surface area contributed by atoms with Gasteiger partial charge in [0.1, 0.15) is 0 Å². The molecule has 0 fully saturated rings. The SMILES string of the molecule is O=C(Cl)c1cc2nccnc2cc1Cl. The van der Waals surface area contributed by atoms with Gasteiger partial charge in [0, 0.05) is 12.4 Å². The third-order valence-electron chi connectivity index (χ3n) is 1.77. The lowest BCUT2D eigenvalue weighted by atomic mass is 10.2. The Morgan fingerprint density at radius 1 is 1.14 bits per heavy atom. The molecule has 0 amide bonds. The zero-order valence-corrected chi connectivity index (χ0v) is 8.38. The molecule has 0 saturated carbocycles. The van der Waals surface area contributed by atoms with Crippen LogP contribution in [-0.4, -0.2) is 15.2 Å². The van der Waals surface area contributed by atoms with E-state index in [1.807, 2.05) is 0 Å². The second-order valence-electron chi connectivity index (χ2n) is 2.65. The molecule has 14 heavy (non-hydrogen) atoms. The van der Waals surface area contributed by atoms with Gasteiger partial charge in [0.2, 0.25) is 0 Å². The standard InChI is InChI=1S/C9H4Cl2N2O/c10-6-4-8-7(12-1-2-13-8)3-5(6)9(11)14/h1-4H. The molecule has 0 spiro atoms. The van der Waals surface area contributed by atoms with Crippen LogP contribution in [0.3, 0.4) is 0 Å². The van der Waals surface area contributed by atoms with Crippen LogP contribution in [0, 0.1) is 0 Å². The fourth-order valence-electron chi connectivity index (χ4n) is 1.14. The van der Waals surface area contributed by atoms with E-state index in [2.05, 4.69) is 9.97 Å². The topological polar surface area (TPSA) is 42.9 Å². The molecule has 5 heteroatoms. The molecule has 0 saturated heterocycles. The van der Waals surface area contributed by atoms with E-state index in [-0.39, 0.29) is 10.6 Å². The lowest BCUT2D eigenvalue weighted by Crippen LogP contribution is -1.92. The second kappa shape index (κ2) is 3.52. The van der Waals surface area contributed by atoms with Crippen molar-refractivity contribution in [1.82, 2.24) is 9.97 Å². The molecule has 0 atom stereocenters. The fourth-order valence-corrected chi connectivity index (χ4v) is 1.58. The first-order valence-corrected chi connectivity index (χ1v) is 4.54. The molecule has 70 valence electrons. The summed E-state index contributed by atoms with van der Waals surface area (Å²) in [6.07, 6.45) is 3.10. The van der Waals surface area contributed by atoms with Gasteiger partial charge in [-0.25, -0.2) is 0 Å². The van der Waals surface area contributed by atoms with Gasteiger partial charge >= 0.3 is 0 Å². The monoisotopic (exact) mass is 226 g/mol. The van der Waals surface area contributed by atoms with Crippen molar-refractivity contribution in [3.8, 4) is 0 Å². The van der Waals surface area contributed by atoms with Crippen molar-refractivity contribution < 1.29 is 4.79 Å². The third-order valence-corrected chi connectivity index (χ3v) is 2.29. The third kappa shape index (κ3) is 1.56. The van der Waals surface area contributed by atoms with Crippen molar-refractivity contribution in [2.24, 2.45) is 0 Å². The summed E-state index contributed by atoms with van der Waals surface area (Å²) in [4.78, 5) is 19.0. The minimum absolute atomic E-state index is 0.251. The maximum Gasteiger partial charge on any atom is 0.253 e. The van der Waals surface area contributed by atoms with Crippen molar-refractivity contribution in [2.45, 2.75) is 0 Å². The van der Waals surface area contributed by atoms with Crippen molar-refractivity contribution in [1.29, 1.82) is 0 Å². The summed E-state index contributed by atoms with van der Waals surface area (Å²) in [6.45, 7) is 0. The van der Waals surface area contributed by atoms with Crippen LogP contribution in [0.4, 0.5) is 0 Å². The quantitative estimate of drug-likeness (QED) is 0.703. The van der Waals surface area contributed by atoms with Crippen molar-refractivity contribution in [2.75, 3.05) is 0 Å². The maximum absolute atomic E-state index is 10.9. The summed E-state index contributed by atoms with van der Waals surface area (Å²) in [7, 11) is 0. The average Bonchev–Trinajstić information content (AvgIpc) is 2.16. The summed E-state index contributed by atoms with van der Waals surface area (Å²) in [5, 5.41) is -0.305. The van der Waals surface area contributed by atoms with E-state index in [1.54, 1.807) is 18.5 Å². The molecule has 2 rings (SSSR count). The number of fused-ring (bicyclic) bond motifs is 1. The largest absolute Gasteiger partial charge is 0.276 e. The molecule has 2 aromatic rings. The number of rotatable bonds is 1. The van der Waals surface area contributed by atoms with Gasteiger partial charge in [-0.15, -0.1) is 0 Å². The molecular weight excluding hydrogens is 223 g/mol. The Bertz CT molecular complexity index is 513. The number of hydrogen-bond acceptors (Lipinski definition) is 3. The molecule has 3 nitrogen and oxygen atoms in total. The van der Waals surface area contributed by atoms with Crippen molar-refractivity contribution in [3.63, 3.8) is 0 Å². The van der Waals surface area contributed by atoms with Crippen molar-refractivity contribution >= 4 is 39.5 Å². The predicted molar refractivity (Wildman–Crippen MR) is 54.7 cm³/mol. The average molecular weight is 227 g/mol. The molecule has 0 N–H and O–H groups in total. The molecule has 1 heterocycles. The predicted octanol–water partition coefficient (Wildman–Crippen LogP) is 2.66. The number of aromatic nitrogens is 2. The smallest absolute Gasteiger partial charge is 0.253 e. The zero-order valence-electron chi connectivity index (χ0n) is 6.87. The number of carbonyl (C=O) groups excluding carboxylic acids is 1. The van der Waals surface area contributed by atoms with E-state index in [0.29, 0.717) is 11.0 Å². The van der Waals surface area contributed by atoms with E-state index >= 15 is 0 Å². The Kier molecular flexibility index (Phi) is 2.35. The lowest BCUT2D eigenvalue weighted by Gasteiger charge is -2.00. The van der Waals surface area contributed by atoms with Crippen LogP contribution in [0.2, 0.25) is 5.02 Å². The van der Waals surface area contributed by atoms with Crippen molar-refractivity contribution in [3.05, 3.63) is 35.1 Å². The minimum Gasteiger partial charge on any atom is -0.276 e. The van der Waals surface area contributed by atoms with E-state index in [0.717, 1.165) is 0 Å². The lowest BCUT2D eigenvalue weighted by molar-refractivity contribution is 0.108. The highest BCUT2D eigenvalue weighted by atomic mass is 35.5. The van der Waals surface area contributed by atoms with Gasteiger partial charge in [-0.05, 0) is 23.7 Å². The summed E-state index contributed by atoms with van der Waals surface area (Å²) in [5.41, 5.74) is 1.49.